The van der Waals surface area contributed by atoms with Crippen molar-refractivity contribution < 1.29 is 80.8 Å². The normalized spacial score (nSPS) is 10.7. The first-order chi connectivity index (χ1) is 32.5. The highest BCUT2D eigenvalue weighted by atomic mass is 16.6. The monoisotopic (exact) mass is 955 g/mol. The van der Waals surface area contributed by atoms with Gasteiger partial charge in [-0.2, -0.15) is 0 Å². The summed E-state index contributed by atoms with van der Waals surface area (Å²) in [6.07, 6.45) is 0.695. The lowest BCUT2D eigenvalue weighted by Crippen LogP contribution is -2.24. The van der Waals surface area contributed by atoms with Crippen LogP contribution in [0.1, 0.15) is 69.7 Å². The SMILES string of the molecule is CC(C)(C)OC(=O)c1cc(OCCCC(=O)OCCOCCOCCN=[N+]=[N-])c(OCCCC(=O)OCCOCCOCCN=[N+]=[N-])c(OCCCC(=O)OCCOCCOCCN=[N+]=[N-])c1. The van der Waals surface area contributed by atoms with Crippen molar-refractivity contribution in [2.45, 2.75) is 64.9 Å². The van der Waals surface area contributed by atoms with Crippen LogP contribution in [0.2, 0.25) is 0 Å². The summed E-state index contributed by atoms with van der Waals surface area (Å²) >= 11 is 0. The molecule has 0 unspecified atom stereocenters. The Hall–Kier alpha value is -5.81. The van der Waals surface area contributed by atoms with E-state index in [2.05, 4.69) is 30.1 Å². The Morgan fingerprint density at radius 2 is 0.776 bits per heavy atom. The van der Waals surface area contributed by atoms with Crippen LogP contribution in [-0.4, -0.2) is 168 Å². The summed E-state index contributed by atoms with van der Waals surface area (Å²) in [5.41, 5.74) is 24.1. The van der Waals surface area contributed by atoms with Crippen molar-refractivity contribution in [3.63, 3.8) is 0 Å². The largest absolute Gasteiger partial charge is 0.490 e. The van der Waals surface area contributed by atoms with Crippen molar-refractivity contribution in [1.29, 1.82) is 0 Å². The Kier molecular flexibility index (Phi) is 35.8. The molecular weight excluding hydrogens is 890 g/mol. The molecule has 26 nitrogen and oxygen atoms in total. The molecule has 0 heterocycles. The molecule has 0 aromatic heterocycles. The molecule has 1 aromatic rings. The Bertz CT molecular complexity index is 1620. The van der Waals surface area contributed by atoms with Gasteiger partial charge >= 0.3 is 23.9 Å². The fraction of sp³-hybridized carbons (Fsp3) is 0.756. The van der Waals surface area contributed by atoms with Gasteiger partial charge in [0.15, 0.2) is 11.5 Å². The molecule has 0 fully saturated rings. The summed E-state index contributed by atoms with van der Waals surface area (Å²) in [6, 6.07) is 2.86. The van der Waals surface area contributed by atoms with Crippen molar-refractivity contribution in [3.8, 4) is 17.2 Å². The predicted octanol–water partition coefficient (Wildman–Crippen LogP) is 5.78. The number of benzene rings is 1. The van der Waals surface area contributed by atoms with Gasteiger partial charge in [-0.1, -0.05) is 15.3 Å². The molecule has 1 aromatic carbocycles. The topological polar surface area (TPSA) is 335 Å². The summed E-state index contributed by atoms with van der Waals surface area (Å²) in [4.78, 5) is 58.4. The van der Waals surface area contributed by atoms with Crippen molar-refractivity contribution >= 4 is 23.9 Å². The molecule has 1 rings (SSSR count). The quantitative estimate of drug-likeness (QED) is 0.0187. The summed E-state index contributed by atoms with van der Waals surface area (Å²) in [5, 5.41) is 10.1. The van der Waals surface area contributed by atoms with Crippen LogP contribution in [0, 0.1) is 0 Å². The number of nitrogens with zero attached hydrogens (tertiary/aromatic N) is 9. The van der Waals surface area contributed by atoms with Crippen LogP contribution >= 0.6 is 0 Å². The first-order valence-electron chi connectivity index (χ1n) is 21.8. The Labute approximate surface area is 389 Å². The molecule has 0 atom stereocenters. The van der Waals surface area contributed by atoms with E-state index in [0.717, 1.165) is 0 Å². The molecule has 0 saturated heterocycles. The lowest BCUT2D eigenvalue weighted by Gasteiger charge is -2.22. The van der Waals surface area contributed by atoms with Gasteiger partial charge in [-0.25, -0.2) is 4.79 Å². The molecular formula is C41H65N9O17. The Balaban J connectivity index is 2.88. The van der Waals surface area contributed by atoms with Crippen LogP contribution in [0.25, 0.3) is 31.3 Å². The third kappa shape index (κ3) is 35.1. The highest BCUT2D eigenvalue weighted by molar-refractivity contribution is 5.91. The van der Waals surface area contributed by atoms with Gasteiger partial charge in [-0.3, -0.25) is 14.4 Å². The maximum absolute atomic E-state index is 13.3. The highest BCUT2D eigenvalue weighted by Gasteiger charge is 2.24. The minimum Gasteiger partial charge on any atom is -0.490 e. The maximum atomic E-state index is 13.3. The van der Waals surface area contributed by atoms with E-state index in [1.165, 1.54) is 12.1 Å². The number of esters is 4. The van der Waals surface area contributed by atoms with E-state index in [9.17, 15) is 19.2 Å². The predicted molar refractivity (Wildman–Crippen MR) is 236 cm³/mol. The molecule has 0 N–H and O–H groups in total. The Morgan fingerprint density at radius 3 is 1.10 bits per heavy atom. The fourth-order valence-electron chi connectivity index (χ4n) is 4.85. The van der Waals surface area contributed by atoms with E-state index in [-0.39, 0.29) is 200 Å². The van der Waals surface area contributed by atoms with Gasteiger partial charge in [0.1, 0.15) is 25.4 Å². The summed E-state index contributed by atoms with van der Waals surface area (Å²) in [6.45, 7) is 8.85. The molecule has 26 heteroatoms. The molecule has 67 heavy (non-hydrogen) atoms. The van der Waals surface area contributed by atoms with Gasteiger partial charge in [0.05, 0.1) is 105 Å². The molecule has 0 spiro atoms. The third-order valence-corrected chi connectivity index (χ3v) is 7.78. The number of hydrogen-bond donors (Lipinski definition) is 0. The number of azide groups is 3. The van der Waals surface area contributed by atoms with Crippen molar-refractivity contribution in [1.82, 2.24) is 0 Å². The van der Waals surface area contributed by atoms with E-state index in [4.69, 9.17) is 78.2 Å². The molecule has 0 radical (unpaired) electrons. The first kappa shape index (κ1) is 59.2. The van der Waals surface area contributed by atoms with Crippen molar-refractivity contribution in [2.24, 2.45) is 15.3 Å². The van der Waals surface area contributed by atoms with Crippen LogP contribution < -0.4 is 14.2 Å². The number of rotatable bonds is 43. The number of ether oxygens (including phenoxy) is 13. The van der Waals surface area contributed by atoms with Gasteiger partial charge in [0, 0.05) is 53.6 Å². The van der Waals surface area contributed by atoms with Crippen LogP contribution in [0.5, 0.6) is 17.2 Å². The summed E-state index contributed by atoms with van der Waals surface area (Å²) in [5.74, 6) is -1.81. The van der Waals surface area contributed by atoms with Gasteiger partial charge in [-0.15, -0.1) is 0 Å². The van der Waals surface area contributed by atoms with Gasteiger partial charge in [-0.05, 0) is 68.8 Å². The fourth-order valence-corrected chi connectivity index (χ4v) is 4.85. The average molecular weight is 956 g/mol. The Morgan fingerprint density at radius 1 is 0.463 bits per heavy atom. The molecule has 376 valence electrons. The van der Waals surface area contributed by atoms with Gasteiger partial charge < -0.3 is 61.6 Å². The summed E-state index contributed by atoms with van der Waals surface area (Å²) in [7, 11) is 0. The molecule has 0 aliphatic carbocycles. The lowest BCUT2D eigenvalue weighted by molar-refractivity contribution is -0.146. The first-order valence-corrected chi connectivity index (χ1v) is 21.8. The van der Waals surface area contributed by atoms with Gasteiger partial charge in [0.25, 0.3) is 0 Å². The molecule has 0 amide bonds. The highest BCUT2D eigenvalue weighted by Crippen LogP contribution is 2.40. The third-order valence-electron chi connectivity index (χ3n) is 7.78. The van der Waals surface area contributed by atoms with Crippen LogP contribution in [-0.2, 0) is 61.8 Å². The lowest BCUT2D eigenvalue weighted by atomic mass is 10.1. The van der Waals surface area contributed by atoms with E-state index in [0.29, 0.717) is 0 Å². The molecule has 0 bridgehead atoms. The zero-order chi connectivity index (χ0) is 49.1. The zero-order valence-electron chi connectivity index (χ0n) is 38.7. The van der Waals surface area contributed by atoms with Crippen molar-refractivity contribution in [2.75, 3.05) is 139 Å². The summed E-state index contributed by atoms with van der Waals surface area (Å²) < 4.78 is 71.4. The molecule has 0 saturated carbocycles. The van der Waals surface area contributed by atoms with E-state index in [1.807, 2.05) is 0 Å². The minimum atomic E-state index is -0.834. The zero-order valence-corrected chi connectivity index (χ0v) is 38.7. The van der Waals surface area contributed by atoms with E-state index >= 15 is 0 Å². The average Bonchev–Trinajstić information content (AvgIpc) is 3.29. The van der Waals surface area contributed by atoms with E-state index in [1.54, 1.807) is 20.8 Å². The maximum Gasteiger partial charge on any atom is 0.338 e. The minimum absolute atomic E-state index is 0.00260. The number of carbonyl (C=O) groups excluding carboxylic acids is 4. The number of hydrogen-bond acceptors (Lipinski definition) is 20. The second-order valence-electron chi connectivity index (χ2n) is 14.4. The standard InChI is InChI=1S/C41H65N9O17/c1-41(2,3)67-40(54)33-31-34(61-13-4-7-36(51)63-28-25-58-22-19-55-16-10-45-48-42)39(66-15-6-9-38(53)65-30-27-60-24-21-57-18-12-47-50-44)35(32-33)62-14-5-8-37(52)64-29-26-59-23-20-56-17-11-46-49-43/h31-32H,4-30H2,1-3H3. The second kappa shape index (κ2) is 40.5. The van der Waals surface area contributed by atoms with Crippen LogP contribution in [0.3, 0.4) is 0 Å². The van der Waals surface area contributed by atoms with Crippen molar-refractivity contribution in [3.05, 3.63) is 49.0 Å². The van der Waals surface area contributed by atoms with E-state index < -0.39 is 29.5 Å². The van der Waals surface area contributed by atoms with Crippen LogP contribution in [0.15, 0.2) is 27.5 Å². The smallest absolute Gasteiger partial charge is 0.338 e. The van der Waals surface area contributed by atoms with Crippen LogP contribution in [0.4, 0.5) is 0 Å². The second-order valence-corrected chi connectivity index (χ2v) is 14.4. The molecule has 0 aliphatic heterocycles. The molecule has 0 aliphatic rings. The number of carbonyl (C=O) groups is 4. The van der Waals surface area contributed by atoms with Gasteiger partial charge in [0.2, 0.25) is 5.75 Å².